The number of amides is 3. The molecule has 1 aromatic rings. The topological polar surface area (TPSA) is 236 Å². The normalized spacial score (nSPS) is 17.2. The van der Waals surface area contributed by atoms with Gasteiger partial charge in [-0.15, -0.1) is 0 Å². The molecule has 3 amide bonds. The van der Waals surface area contributed by atoms with Crippen molar-refractivity contribution in [3.05, 3.63) is 23.8 Å². The van der Waals surface area contributed by atoms with Crippen molar-refractivity contribution in [2.75, 3.05) is 32.2 Å². The van der Waals surface area contributed by atoms with Gasteiger partial charge in [-0.25, -0.2) is 4.79 Å². The molecule has 1 aliphatic heterocycles. The van der Waals surface area contributed by atoms with Crippen molar-refractivity contribution in [3.63, 3.8) is 0 Å². The molecule has 4 atom stereocenters. The Morgan fingerprint density at radius 1 is 0.941 bits per heavy atom. The van der Waals surface area contributed by atoms with E-state index in [-0.39, 0.29) is 73.0 Å². The van der Waals surface area contributed by atoms with Gasteiger partial charge in [0.05, 0.1) is 37.5 Å². The summed E-state index contributed by atoms with van der Waals surface area (Å²) in [6.45, 7) is 13.8. The third-order valence-corrected chi connectivity index (χ3v) is 7.32. The van der Waals surface area contributed by atoms with Gasteiger partial charge < -0.3 is 50.2 Å². The number of aliphatic carboxylic acids is 1. The highest BCUT2D eigenvalue weighted by molar-refractivity contribution is 5.94. The van der Waals surface area contributed by atoms with Crippen molar-refractivity contribution < 1.29 is 63.0 Å². The van der Waals surface area contributed by atoms with Crippen LogP contribution in [-0.4, -0.2) is 103 Å². The molecule has 0 bridgehead atoms. The Hall–Kier alpha value is -4.12. The van der Waals surface area contributed by atoms with E-state index in [1.807, 2.05) is 20.8 Å². The number of benzene rings is 1. The highest BCUT2D eigenvalue weighted by atomic mass is 16.7. The minimum absolute atomic E-state index is 0.00591. The van der Waals surface area contributed by atoms with Crippen LogP contribution in [0.1, 0.15) is 79.7 Å². The zero-order chi connectivity index (χ0) is 39.1. The number of hydrogen-bond donors (Lipinski definition) is 6. The summed E-state index contributed by atoms with van der Waals surface area (Å²) in [5.74, 6) is -1.62. The van der Waals surface area contributed by atoms with Gasteiger partial charge in [0, 0.05) is 44.8 Å². The predicted molar refractivity (Wildman–Crippen MR) is 186 cm³/mol. The largest absolute Gasteiger partial charge is 0.479 e. The number of nitrogens with one attached hydrogen (secondary N) is 3. The number of anilines is 1. The SMILES string of the molecule is CC(C)C(=O)CCOCCC(=O)NC(C)C(C)C.CC(C)C(=O)OCc1ccc(NC(=O)CNC=O)c(OC2CC(O)CC(C(=O)O)O2)c1.CO. The summed E-state index contributed by atoms with van der Waals surface area (Å²) in [5, 5.41) is 33.8. The summed E-state index contributed by atoms with van der Waals surface area (Å²) in [6.07, 6.45) is -2.13. The molecule has 0 aromatic heterocycles. The number of aliphatic hydroxyl groups excluding tert-OH is 2. The lowest BCUT2D eigenvalue weighted by Crippen LogP contribution is -2.42. The predicted octanol–water partition coefficient (Wildman–Crippen LogP) is 2.18. The first-order chi connectivity index (χ1) is 24.0. The smallest absolute Gasteiger partial charge is 0.333 e. The summed E-state index contributed by atoms with van der Waals surface area (Å²) in [4.78, 5) is 68.1. The Morgan fingerprint density at radius 2 is 1.59 bits per heavy atom. The second-order valence-corrected chi connectivity index (χ2v) is 12.6. The molecule has 290 valence electrons. The van der Waals surface area contributed by atoms with Crippen molar-refractivity contribution in [2.45, 2.75) is 105 Å². The maximum Gasteiger partial charge on any atom is 0.333 e. The van der Waals surface area contributed by atoms with Gasteiger partial charge in [-0.2, -0.15) is 0 Å². The number of ketones is 1. The van der Waals surface area contributed by atoms with Crippen LogP contribution in [0.4, 0.5) is 5.69 Å². The molecule has 4 unspecified atom stereocenters. The van der Waals surface area contributed by atoms with Gasteiger partial charge in [-0.1, -0.05) is 47.6 Å². The van der Waals surface area contributed by atoms with Crippen molar-refractivity contribution >= 4 is 41.6 Å². The number of aliphatic hydroxyl groups is 2. The number of ether oxygens (including phenoxy) is 4. The molecule has 16 heteroatoms. The molecular weight excluding hydrogens is 670 g/mol. The number of Topliss-reactive ketones (excluding diaryl/α,β-unsaturated/α-hetero) is 1. The van der Waals surface area contributed by atoms with E-state index in [1.165, 1.54) is 12.1 Å². The number of carbonyl (C=O) groups is 6. The summed E-state index contributed by atoms with van der Waals surface area (Å²) >= 11 is 0. The van der Waals surface area contributed by atoms with Crippen LogP contribution in [0.25, 0.3) is 0 Å². The average Bonchev–Trinajstić information content (AvgIpc) is 3.07. The van der Waals surface area contributed by atoms with E-state index >= 15 is 0 Å². The molecule has 1 aromatic carbocycles. The fourth-order valence-corrected chi connectivity index (χ4v) is 3.96. The number of carbonyl (C=O) groups excluding carboxylic acids is 5. The van der Waals surface area contributed by atoms with Crippen molar-refractivity contribution in [1.29, 1.82) is 0 Å². The Morgan fingerprint density at radius 3 is 2.16 bits per heavy atom. The van der Waals surface area contributed by atoms with E-state index in [0.717, 1.165) is 7.11 Å². The first kappa shape index (κ1) is 46.9. The molecule has 2 rings (SSSR count). The van der Waals surface area contributed by atoms with Gasteiger partial charge in [0.2, 0.25) is 24.5 Å². The zero-order valence-electron chi connectivity index (χ0n) is 30.9. The number of carboxylic acids is 1. The number of esters is 1. The van der Waals surface area contributed by atoms with Gasteiger partial charge in [-0.05, 0) is 30.5 Å². The highest BCUT2D eigenvalue weighted by Gasteiger charge is 2.34. The molecule has 1 aliphatic rings. The van der Waals surface area contributed by atoms with Crippen molar-refractivity contribution in [1.82, 2.24) is 10.6 Å². The Labute approximate surface area is 299 Å². The molecule has 0 radical (unpaired) electrons. The van der Waals surface area contributed by atoms with E-state index in [2.05, 4.69) is 29.8 Å². The molecule has 0 saturated carbocycles. The lowest BCUT2D eigenvalue weighted by atomic mass is 10.1. The molecule has 0 spiro atoms. The van der Waals surface area contributed by atoms with Crippen LogP contribution in [0, 0.1) is 17.8 Å². The summed E-state index contributed by atoms with van der Waals surface area (Å²) in [6, 6.07) is 4.82. The summed E-state index contributed by atoms with van der Waals surface area (Å²) < 4.78 is 21.6. The third-order valence-electron chi connectivity index (χ3n) is 7.32. The standard InChI is InChI=1S/C20H26N2O9.C14H27NO3.CH4O/c1-11(2)20(28)29-9-12-3-4-14(22-17(25)8-21-10-23)15(5-12)30-18-7-13(24)6-16(31-18)19(26)27;1-10(2)12(5)15-14(17)7-9-18-8-6-13(16)11(3)4;1-2/h3-5,10-11,13,16,18,24H,6-9H2,1-2H3,(H,21,23)(H,22,25)(H,26,27);10-12H,6-9H2,1-5H3,(H,15,17);2H,1H3. The molecule has 0 aliphatic carbocycles. The molecule has 6 N–H and O–H groups in total. The second-order valence-electron chi connectivity index (χ2n) is 12.6. The van der Waals surface area contributed by atoms with Gasteiger partial charge in [0.25, 0.3) is 0 Å². The van der Waals surface area contributed by atoms with Gasteiger partial charge in [0.15, 0.2) is 6.10 Å². The quantitative estimate of drug-likeness (QED) is 0.0682. The first-order valence-electron chi connectivity index (χ1n) is 16.9. The first-order valence-corrected chi connectivity index (χ1v) is 16.9. The highest BCUT2D eigenvalue weighted by Crippen LogP contribution is 2.31. The molecule has 51 heavy (non-hydrogen) atoms. The van der Waals surface area contributed by atoms with Gasteiger partial charge in [-0.3, -0.25) is 24.0 Å². The maximum absolute atomic E-state index is 12.0. The zero-order valence-corrected chi connectivity index (χ0v) is 30.9. The molecule has 1 saturated heterocycles. The van der Waals surface area contributed by atoms with E-state index < -0.39 is 30.4 Å². The minimum atomic E-state index is -1.24. The monoisotopic (exact) mass is 727 g/mol. The molecule has 16 nitrogen and oxygen atoms in total. The number of rotatable bonds is 19. The van der Waals surface area contributed by atoms with Gasteiger partial charge in [0.1, 0.15) is 18.1 Å². The van der Waals surface area contributed by atoms with Crippen LogP contribution in [-0.2, 0) is 49.6 Å². The van der Waals surface area contributed by atoms with Crippen molar-refractivity contribution in [2.24, 2.45) is 17.8 Å². The van der Waals surface area contributed by atoms with Crippen LogP contribution in [0.15, 0.2) is 18.2 Å². The number of hydrogen-bond acceptors (Lipinski definition) is 12. The molecular formula is C35H57N3O13. The minimum Gasteiger partial charge on any atom is -0.479 e. The molecule has 1 heterocycles. The summed E-state index contributed by atoms with van der Waals surface area (Å²) in [7, 11) is 1.00. The Balaban J connectivity index is 0.00000107. The molecule has 1 fully saturated rings. The van der Waals surface area contributed by atoms with Crippen LogP contribution >= 0.6 is 0 Å². The van der Waals surface area contributed by atoms with E-state index in [1.54, 1.807) is 19.9 Å². The summed E-state index contributed by atoms with van der Waals surface area (Å²) in [5.41, 5.74) is 0.784. The van der Waals surface area contributed by atoms with E-state index in [4.69, 9.17) is 24.1 Å². The maximum atomic E-state index is 12.0. The third kappa shape index (κ3) is 20.4. The Bertz CT molecular complexity index is 1240. The average molecular weight is 728 g/mol. The van der Waals surface area contributed by atoms with E-state index in [0.29, 0.717) is 43.9 Å². The second kappa shape index (κ2) is 25.8. The fourth-order valence-electron chi connectivity index (χ4n) is 3.96. The van der Waals surface area contributed by atoms with Crippen LogP contribution < -0.4 is 20.7 Å². The van der Waals surface area contributed by atoms with E-state index in [9.17, 15) is 39.0 Å². The lowest BCUT2D eigenvalue weighted by Gasteiger charge is -2.31. The Kier molecular flexibility index (Phi) is 23.7. The van der Waals surface area contributed by atoms with Crippen LogP contribution in [0.3, 0.4) is 0 Å². The van der Waals surface area contributed by atoms with Crippen LogP contribution in [0.5, 0.6) is 5.75 Å². The van der Waals surface area contributed by atoms with Crippen molar-refractivity contribution in [3.8, 4) is 5.75 Å². The van der Waals surface area contributed by atoms with Crippen LogP contribution in [0.2, 0.25) is 0 Å². The van der Waals surface area contributed by atoms with Gasteiger partial charge >= 0.3 is 11.9 Å². The fraction of sp³-hybridized carbons (Fsp3) is 0.657. The number of carboxylic acid groups (broad SMARTS) is 1. The lowest BCUT2D eigenvalue weighted by molar-refractivity contribution is -0.195.